The molecule has 0 saturated heterocycles. The van der Waals surface area contributed by atoms with E-state index >= 15 is 0 Å². The van der Waals surface area contributed by atoms with Crippen LogP contribution in [0.1, 0.15) is 25.0 Å². The van der Waals surface area contributed by atoms with Gasteiger partial charge in [0.05, 0.1) is 5.54 Å². The molecule has 3 nitrogen and oxygen atoms in total. The number of benzene rings is 1. The first-order chi connectivity index (χ1) is 6.43. The van der Waals surface area contributed by atoms with Crippen molar-refractivity contribution in [2.45, 2.75) is 26.3 Å². The number of aryl methyl sites for hydroxylation is 1. The molecular formula is C11H15NO2. The van der Waals surface area contributed by atoms with Crippen LogP contribution in [0.25, 0.3) is 0 Å². The molecule has 1 aromatic rings. The van der Waals surface area contributed by atoms with Gasteiger partial charge in [0.1, 0.15) is 0 Å². The highest BCUT2D eigenvalue weighted by Gasteiger charge is 2.23. The first-order valence-electron chi connectivity index (χ1n) is 4.51. The Morgan fingerprint density at radius 3 is 2.43 bits per heavy atom. The topological polar surface area (TPSA) is 49.3 Å². The number of hydrogen-bond donors (Lipinski definition) is 2. The van der Waals surface area contributed by atoms with Crippen LogP contribution in [-0.2, 0) is 5.54 Å². The van der Waals surface area contributed by atoms with Gasteiger partial charge in [0, 0.05) is 0 Å². The van der Waals surface area contributed by atoms with Gasteiger partial charge in [0.2, 0.25) is 0 Å². The molecule has 0 atom stereocenters. The largest absolute Gasteiger partial charge is 0.465 e. The summed E-state index contributed by atoms with van der Waals surface area (Å²) >= 11 is 0. The van der Waals surface area contributed by atoms with Gasteiger partial charge in [0.15, 0.2) is 0 Å². The van der Waals surface area contributed by atoms with Gasteiger partial charge >= 0.3 is 6.09 Å². The number of carbonyl (C=O) groups is 1. The van der Waals surface area contributed by atoms with E-state index in [1.54, 1.807) is 0 Å². The molecule has 0 heterocycles. The van der Waals surface area contributed by atoms with Crippen molar-refractivity contribution in [1.29, 1.82) is 0 Å². The molecule has 0 spiro atoms. The lowest BCUT2D eigenvalue weighted by molar-refractivity contribution is 0.182. The van der Waals surface area contributed by atoms with E-state index in [0.717, 1.165) is 11.1 Å². The van der Waals surface area contributed by atoms with E-state index in [0.29, 0.717) is 0 Å². The summed E-state index contributed by atoms with van der Waals surface area (Å²) in [4.78, 5) is 10.6. The summed E-state index contributed by atoms with van der Waals surface area (Å²) in [5.74, 6) is 0. The minimum absolute atomic E-state index is 0.544. The Kier molecular flexibility index (Phi) is 2.79. The SMILES string of the molecule is Cc1ccccc1C(C)(C)NC(=O)O. The van der Waals surface area contributed by atoms with Crippen molar-refractivity contribution in [3.63, 3.8) is 0 Å². The quantitative estimate of drug-likeness (QED) is 0.758. The monoisotopic (exact) mass is 193 g/mol. The molecule has 0 aliphatic rings. The summed E-state index contributed by atoms with van der Waals surface area (Å²) in [6.45, 7) is 5.67. The van der Waals surface area contributed by atoms with Gasteiger partial charge in [-0.25, -0.2) is 4.79 Å². The van der Waals surface area contributed by atoms with Crippen molar-refractivity contribution >= 4 is 6.09 Å². The van der Waals surface area contributed by atoms with Crippen LogP contribution < -0.4 is 5.32 Å². The van der Waals surface area contributed by atoms with Gasteiger partial charge in [-0.15, -0.1) is 0 Å². The van der Waals surface area contributed by atoms with Gasteiger partial charge in [-0.3, -0.25) is 0 Å². The third-order valence-corrected chi connectivity index (χ3v) is 2.24. The van der Waals surface area contributed by atoms with Crippen molar-refractivity contribution in [1.82, 2.24) is 5.32 Å². The van der Waals surface area contributed by atoms with E-state index in [1.165, 1.54) is 0 Å². The number of nitrogens with one attached hydrogen (secondary N) is 1. The van der Waals surface area contributed by atoms with Crippen LogP contribution in [0.3, 0.4) is 0 Å². The van der Waals surface area contributed by atoms with E-state index in [2.05, 4.69) is 5.32 Å². The zero-order chi connectivity index (χ0) is 10.8. The van der Waals surface area contributed by atoms with E-state index in [-0.39, 0.29) is 0 Å². The second-order valence-electron chi connectivity index (χ2n) is 3.87. The molecule has 76 valence electrons. The summed E-state index contributed by atoms with van der Waals surface area (Å²) in [5.41, 5.74) is 1.55. The predicted octanol–water partition coefficient (Wildman–Crippen LogP) is 2.50. The molecule has 0 fully saturated rings. The average molecular weight is 193 g/mol. The normalized spacial score (nSPS) is 11.1. The molecule has 0 aliphatic carbocycles. The highest BCUT2D eigenvalue weighted by Crippen LogP contribution is 2.22. The maximum atomic E-state index is 10.6. The molecule has 1 aromatic carbocycles. The Balaban J connectivity index is 3.03. The summed E-state index contributed by atoms with van der Waals surface area (Å²) in [6, 6.07) is 7.76. The number of amides is 1. The molecule has 1 amide bonds. The van der Waals surface area contributed by atoms with Crippen molar-refractivity contribution in [2.24, 2.45) is 0 Å². The van der Waals surface area contributed by atoms with Crippen molar-refractivity contribution in [2.75, 3.05) is 0 Å². The number of hydrogen-bond acceptors (Lipinski definition) is 1. The molecule has 0 radical (unpaired) electrons. The standard InChI is InChI=1S/C11H15NO2/c1-8-6-4-5-7-9(8)11(2,3)12-10(13)14/h4-7,12H,1-3H3,(H,13,14). The number of rotatable bonds is 2. The van der Waals surface area contributed by atoms with Crippen molar-refractivity contribution in [3.8, 4) is 0 Å². The molecule has 0 saturated carbocycles. The van der Waals surface area contributed by atoms with Crippen LogP contribution in [0.2, 0.25) is 0 Å². The van der Waals surface area contributed by atoms with Gasteiger partial charge in [-0.05, 0) is 31.9 Å². The minimum atomic E-state index is -1.00. The second kappa shape index (κ2) is 3.70. The zero-order valence-electron chi connectivity index (χ0n) is 8.66. The third kappa shape index (κ3) is 2.25. The third-order valence-electron chi connectivity index (χ3n) is 2.24. The van der Waals surface area contributed by atoms with Crippen LogP contribution in [0.15, 0.2) is 24.3 Å². The van der Waals surface area contributed by atoms with Crippen LogP contribution in [0.4, 0.5) is 4.79 Å². The zero-order valence-corrected chi connectivity index (χ0v) is 8.66. The first kappa shape index (κ1) is 10.6. The fourth-order valence-electron chi connectivity index (χ4n) is 1.61. The maximum absolute atomic E-state index is 10.6. The molecule has 0 bridgehead atoms. The lowest BCUT2D eigenvalue weighted by atomic mass is 9.91. The van der Waals surface area contributed by atoms with E-state index in [9.17, 15) is 4.79 Å². The Morgan fingerprint density at radius 2 is 1.93 bits per heavy atom. The van der Waals surface area contributed by atoms with Crippen molar-refractivity contribution in [3.05, 3.63) is 35.4 Å². The smallest absolute Gasteiger partial charge is 0.405 e. The maximum Gasteiger partial charge on any atom is 0.405 e. The fourth-order valence-corrected chi connectivity index (χ4v) is 1.61. The van der Waals surface area contributed by atoms with Gasteiger partial charge in [-0.1, -0.05) is 24.3 Å². The van der Waals surface area contributed by atoms with Gasteiger partial charge in [-0.2, -0.15) is 0 Å². The molecule has 2 N–H and O–H groups in total. The van der Waals surface area contributed by atoms with Crippen LogP contribution in [-0.4, -0.2) is 11.2 Å². The lowest BCUT2D eigenvalue weighted by Crippen LogP contribution is -2.40. The highest BCUT2D eigenvalue weighted by molar-refractivity contribution is 5.66. The summed E-state index contributed by atoms with van der Waals surface area (Å²) in [5, 5.41) is 11.2. The van der Waals surface area contributed by atoms with E-state index < -0.39 is 11.6 Å². The molecule has 0 unspecified atom stereocenters. The first-order valence-corrected chi connectivity index (χ1v) is 4.51. The van der Waals surface area contributed by atoms with E-state index in [1.807, 2.05) is 45.0 Å². The van der Waals surface area contributed by atoms with Crippen LogP contribution in [0.5, 0.6) is 0 Å². The molecule has 3 heteroatoms. The Hall–Kier alpha value is -1.51. The molecule has 14 heavy (non-hydrogen) atoms. The van der Waals surface area contributed by atoms with Gasteiger partial charge < -0.3 is 10.4 Å². The lowest BCUT2D eigenvalue weighted by Gasteiger charge is -2.26. The number of carboxylic acid groups (broad SMARTS) is 1. The summed E-state index contributed by atoms with van der Waals surface area (Å²) in [6.07, 6.45) is -1.00. The summed E-state index contributed by atoms with van der Waals surface area (Å²) < 4.78 is 0. The Labute approximate surface area is 83.8 Å². The van der Waals surface area contributed by atoms with Gasteiger partial charge in [0.25, 0.3) is 0 Å². The van der Waals surface area contributed by atoms with E-state index in [4.69, 9.17) is 5.11 Å². The highest BCUT2D eigenvalue weighted by atomic mass is 16.4. The second-order valence-corrected chi connectivity index (χ2v) is 3.87. The minimum Gasteiger partial charge on any atom is -0.465 e. The van der Waals surface area contributed by atoms with Crippen LogP contribution in [0, 0.1) is 6.92 Å². The Bertz CT molecular complexity index is 345. The Morgan fingerprint density at radius 1 is 1.36 bits per heavy atom. The fraction of sp³-hybridized carbons (Fsp3) is 0.364. The average Bonchev–Trinajstić information content (AvgIpc) is 2.02. The molecule has 1 rings (SSSR count). The predicted molar refractivity (Wildman–Crippen MR) is 55.4 cm³/mol. The summed E-state index contributed by atoms with van der Waals surface area (Å²) in [7, 11) is 0. The van der Waals surface area contributed by atoms with Crippen LogP contribution >= 0.6 is 0 Å². The molecule has 0 aliphatic heterocycles. The molecule has 0 aromatic heterocycles. The van der Waals surface area contributed by atoms with Crippen molar-refractivity contribution < 1.29 is 9.90 Å². The molecular weight excluding hydrogens is 178 g/mol.